The number of carbonyl (C=O) groups excluding carboxylic acids is 2. The van der Waals surface area contributed by atoms with Crippen LogP contribution < -0.4 is 0 Å². The van der Waals surface area contributed by atoms with E-state index in [2.05, 4.69) is 0 Å². The first-order valence-corrected chi connectivity index (χ1v) is 18.1. The van der Waals surface area contributed by atoms with E-state index in [0.29, 0.717) is 38.5 Å². The van der Waals surface area contributed by atoms with Crippen molar-refractivity contribution < 1.29 is 83.9 Å². The highest BCUT2D eigenvalue weighted by molar-refractivity contribution is 5.91. The summed E-state index contributed by atoms with van der Waals surface area (Å²) in [6.45, 7) is 5.27. The van der Waals surface area contributed by atoms with E-state index < -0.39 is 114 Å². The van der Waals surface area contributed by atoms with Crippen molar-refractivity contribution in [2.75, 3.05) is 13.2 Å². The van der Waals surface area contributed by atoms with Crippen LogP contribution in [0.1, 0.15) is 85.5 Å². The number of hydrogen-bond donors (Lipinski definition) is 0. The molecule has 6 saturated heterocycles. The first kappa shape index (κ1) is 37.3. The maximum Gasteiger partial charge on any atom is 0.449 e. The summed E-state index contributed by atoms with van der Waals surface area (Å²) in [5.74, 6) is -10.4. The molecule has 4 bridgehead atoms. The number of carbonyl (C=O) groups is 2. The highest BCUT2D eigenvalue weighted by Crippen LogP contribution is 2.63. The number of fused-ring (bicyclic) bond motifs is 4. The minimum atomic E-state index is -4.99. The van der Waals surface area contributed by atoms with E-state index in [9.17, 15) is 35.9 Å². The Hall–Kier alpha value is -2.64. The Balaban J connectivity index is 0.990. The maximum absolute atomic E-state index is 14.5. The van der Waals surface area contributed by atoms with Crippen LogP contribution in [0.5, 0.6) is 0 Å². The summed E-state index contributed by atoms with van der Waals surface area (Å²) >= 11 is 0. The summed E-state index contributed by atoms with van der Waals surface area (Å²) in [7, 11) is 0. The highest BCUT2D eigenvalue weighted by atomic mass is 19.4. The molecule has 2 spiro atoms. The second-order valence-electron chi connectivity index (χ2n) is 16.2. The molecule has 0 aromatic heterocycles. The van der Waals surface area contributed by atoms with E-state index in [1.807, 2.05) is 13.8 Å². The quantitative estimate of drug-likeness (QED) is 0.125. The lowest BCUT2D eigenvalue weighted by molar-refractivity contribution is -0.558. The van der Waals surface area contributed by atoms with Crippen molar-refractivity contribution in [3.05, 3.63) is 22.7 Å². The van der Waals surface area contributed by atoms with E-state index in [-0.39, 0.29) is 36.5 Å². The summed E-state index contributed by atoms with van der Waals surface area (Å²) in [5, 5.41) is 0. The summed E-state index contributed by atoms with van der Waals surface area (Å²) < 4.78 is 120. The van der Waals surface area contributed by atoms with Crippen LogP contribution >= 0.6 is 0 Å². The Morgan fingerprint density at radius 3 is 1.42 bits per heavy atom. The molecule has 2 aliphatic carbocycles. The lowest BCUT2D eigenvalue weighted by atomic mass is 9.59. The van der Waals surface area contributed by atoms with E-state index in [0.717, 1.165) is 0 Å². The van der Waals surface area contributed by atoms with E-state index >= 15 is 0 Å². The van der Waals surface area contributed by atoms with Gasteiger partial charge in [-0.05, 0) is 64.2 Å². The Morgan fingerprint density at radius 2 is 1.04 bits per heavy atom. The molecule has 53 heavy (non-hydrogen) atoms. The molecule has 10 aliphatic rings. The topological polar surface area (TPSA) is 126 Å². The smallest absolute Gasteiger partial charge is 0.449 e. The SMILES string of the molecule is C[C@@H]1CC[C@H]2C(COC(=O)CC(=O)OCC3=C(C(F)(F)F)O[C@@H]4O[C@]5(C)CCC6[C@H](C)CC[C@@H]3[C@]64OO5)=C(C(F)(F)F)OC3O[C@]4(C)CCC1[C@]32OO4. The summed E-state index contributed by atoms with van der Waals surface area (Å²) in [6.07, 6.45) is -10.7. The largest absolute Gasteiger partial charge is 0.461 e. The number of halogens is 6. The fraction of sp³-hybridized carbons (Fsp3) is 0.829. The zero-order valence-electron chi connectivity index (χ0n) is 29.6. The average molecular weight is 769 g/mol. The van der Waals surface area contributed by atoms with Gasteiger partial charge < -0.3 is 28.4 Å². The normalized spacial score (nSPS) is 44.6. The van der Waals surface area contributed by atoms with Gasteiger partial charge in [-0.2, -0.15) is 26.3 Å². The van der Waals surface area contributed by atoms with Crippen molar-refractivity contribution in [1.29, 1.82) is 0 Å². The fourth-order valence-electron chi connectivity index (χ4n) is 10.3. The van der Waals surface area contributed by atoms with Crippen molar-refractivity contribution in [1.82, 2.24) is 0 Å². The molecule has 296 valence electrons. The number of ether oxygens (including phenoxy) is 6. The molecular weight excluding hydrogens is 726 g/mol. The van der Waals surface area contributed by atoms with Gasteiger partial charge in [0.2, 0.25) is 35.7 Å². The molecule has 8 fully saturated rings. The molecule has 0 N–H and O–H groups in total. The lowest BCUT2D eigenvalue weighted by Gasteiger charge is -2.57. The van der Waals surface area contributed by atoms with Gasteiger partial charge in [0.05, 0.1) is 0 Å². The van der Waals surface area contributed by atoms with Crippen molar-refractivity contribution in [3.8, 4) is 0 Å². The molecule has 8 aliphatic heterocycles. The maximum atomic E-state index is 14.5. The molecule has 3 unspecified atom stereocenters. The van der Waals surface area contributed by atoms with E-state index in [4.69, 9.17) is 48.0 Å². The van der Waals surface area contributed by atoms with Crippen LogP contribution in [0, 0.1) is 35.5 Å². The van der Waals surface area contributed by atoms with Gasteiger partial charge in [0, 0.05) is 47.7 Å². The molecule has 0 aromatic rings. The average Bonchev–Trinajstić information content (AvgIpc) is 3.45. The molecule has 0 aromatic carbocycles. The standard InChI is InChI=1S/C35H42F6O12/c1-16-5-7-22-18(26(34(36,37)38)46-28-32(22)20(16)9-11-30(3,48-28)50-52-32)14-44-24(42)13-25(43)45-15-19-23-8-6-17(2)21-10-12-31(4)49-29(33(21,23)53-51-31)47-27(19)35(39,40)41/h16-17,20-23,28-29H,5-15H2,1-4H3/t16-,17-,20?,21?,22+,23+,28-,29?,30+,31+,32-,33-/m1/s1. The Labute approximate surface area is 300 Å². The van der Waals surface area contributed by atoms with Crippen LogP contribution in [0.25, 0.3) is 0 Å². The number of alkyl halides is 6. The van der Waals surface area contributed by atoms with Crippen molar-refractivity contribution in [3.63, 3.8) is 0 Å². The lowest BCUT2D eigenvalue weighted by Crippen LogP contribution is -2.67. The molecule has 18 heteroatoms. The number of rotatable bonds is 6. The predicted octanol–water partition coefficient (Wildman–Crippen LogP) is 6.59. The minimum absolute atomic E-state index is 0.0272. The van der Waals surface area contributed by atoms with Gasteiger partial charge >= 0.3 is 24.3 Å². The zero-order chi connectivity index (χ0) is 37.9. The van der Waals surface area contributed by atoms with Gasteiger partial charge in [-0.15, -0.1) is 0 Å². The molecule has 2 saturated carbocycles. The van der Waals surface area contributed by atoms with Crippen LogP contribution in [-0.4, -0.2) is 72.9 Å². The third kappa shape index (κ3) is 5.87. The third-order valence-corrected chi connectivity index (χ3v) is 12.9. The third-order valence-electron chi connectivity index (χ3n) is 12.9. The monoisotopic (exact) mass is 768 g/mol. The first-order chi connectivity index (χ1) is 24.8. The van der Waals surface area contributed by atoms with Crippen LogP contribution in [0.15, 0.2) is 22.7 Å². The van der Waals surface area contributed by atoms with Crippen molar-refractivity contribution in [2.24, 2.45) is 35.5 Å². The van der Waals surface area contributed by atoms with Crippen LogP contribution in [0.2, 0.25) is 0 Å². The summed E-state index contributed by atoms with van der Waals surface area (Å²) in [4.78, 5) is 48.9. The van der Waals surface area contributed by atoms with Gasteiger partial charge in [0.25, 0.3) is 0 Å². The van der Waals surface area contributed by atoms with Gasteiger partial charge in [-0.25, -0.2) is 19.6 Å². The molecule has 12 nitrogen and oxygen atoms in total. The second-order valence-corrected chi connectivity index (χ2v) is 16.2. The molecule has 0 radical (unpaired) electrons. The highest BCUT2D eigenvalue weighted by Gasteiger charge is 2.72. The minimum Gasteiger partial charge on any atom is -0.461 e. The zero-order valence-corrected chi connectivity index (χ0v) is 29.6. The van der Waals surface area contributed by atoms with Gasteiger partial charge in [-0.1, -0.05) is 13.8 Å². The van der Waals surface area contributed by atoms with Gasteiger partial charge in [0.15, 0.2) is 11.2 Å². The van der Waals surface area contributed by atoms with Crippen molar-refractivity contribution >= 4 is 11.9 Å². The molecule has 0 amide bonds. The number of allylic oxidation sites excluding steroid dienone is 2. The fourth-order valence-corrected chi connectivity index (χ4v) is 10.3. The van der Waals surface area contributed by atoms with E-state index in [1.165, 1.54) is 0 Å². The van der Waals surface area contributed by atoms with Crippen molar-refractivity contribution in [2.45, 2.75) is 133 Å². The molecular formula is C35H42F6O12. The van der Waals surface area contributed by atoms with Crippen LogP contribution in [0.3, 0.4) is 0 Å². The molecule has 10 rings (SSSR count). The Morgan fingerprint density at radius 1 is 0.642 bits per heavy atom. The summed E-state index contributed by atoms with van der Waals surface area (Å²) in [6, 6.07) is 0. The predicted molar refractivity (Wildman–Crippen MR) is 160 cm³/mol. The number of hydrogen-bond acceptors (Lipinski definition) is 12. The first-order valence-electron chi connectivity index (χ1n) is 18.1. The van der Waals surface area contributed by atoms with Crippen LogP contribution in [-0.2, 0) is 57.6 Å². The number of esters is 2. The van der Waals surface area contributed by atoms with Crippen LogP contribution in [0.4, 0.5) is 26.3 Å². The molecule has 12 atom stereocenters. The van der Waals surface area contributed by atoms with Gasteiger partial charge in [0.1, 0.15) is 19.6 Å². The Bertz CT molecular complexity index is 1480. The molecule has 8 heterocycles. The summed E-state index contributed by atoms with van der Waals surface area (Å²) in [5.41, 5.74) is -3.68. The van der Waals surface area contributed by atoms with E-state index in [1.54, 1.807) is 13.8 Å². The second kappa shape index (κ2) is 12.4. The Kier molecular flexibility index (Phi) is 8.75. The van der Waals surface area contributed by atoms with Gasteiger partial charge in [-0.3, -0.25) is 9.59 Å².